The Kier molecular flexibility index (Phi) is 101. The SMILES string of the molecule is CCCCCCCC[P+](CCCC)(CCCC)CCCC.CCCCCCCC[P+](CCCC)(CCCC)CCCC.CCCCCCCC[P+](CCCC)(CCCC)CCCC.CCCCCCCC[P+](CCCC)(CCCC)CCCC.[F-].[F-].[F-].[F-]. The number of rotatable bonds is 64. The van der Waals surface area contributed by atoms with E-state index >= 15 is 0 Å². The van der Waals surface area contributed by atoms with Gasteiger partial charge in [0.2, 0.25) is 0 Å². The highest BCUT2D eigenvalue weighted by atomic mass is 31.2. The summed E-state index contributed by atoms with van der Waals surface area (Å²) in [6.07, 6.45) is 95.9. The van der Waals surface area contributed by atoms with Gasteiger partial charge in [-0.3, -0.25) is 0 Å². The molecule has 0 amide bonds. The average molecular weight is 1340 g/mol. The predicted octanol–water partition coefficient (Wildman–Crippen LogP) is 19.1. The first-order valence-corrected chi connectivity index (χ1v) is 50.5. The Bertz CT molecular complexity index is 912. The first-order chi connectivity index (χ1) is 41.0. The summed E-state index contributed by atoms with van der Waals surface area (Å²) in [7, 11) is -2.41. The van der Waals surface area contributed by atoms with Crippen molar-refractivity contribution in [2.45, 2.75) is 419 Å². The van der Waals surface area contributed by atoms with Crippen molar-refractivity contribution in [2.24, 2.45) is 0 Å². The van der Waals surface area contributed by atoms with Crippen molar-refractivity contribution in [3.8, 4) is 0 Å². The second kappa shape index (κ2) is 84.5. The highest BCUT2D eigenvalue weighted by molar-refractivity contribution is 7.76. The monoisotopic (exact) mass is 1340 g/mol. The molecule has 0 aromatic carbocycles. The van der Waals surface area contributed by atoms with Crippen LogP contribution in [-0.2, 0) is 0 Å². The number of hydrogen-bond donors (Lipinski definition) is 0. The molecular formula is C80H176F4P4. The third kappa shape index (κ3) is 68.8. The molecule has 0 aromatic rings. The quantitative estimate of drug-likeness (QED) is 0.0323. The maximum atomic E-state index is 2.37. The van der Waals surface area contributed by atoms with E-state index in [2.05, 4.69) is 111 Å². The first kappa shape index (κ1) is 105. The van der Waals surface area contributed by atoms with E-state index < -0.39 is 29.0 Å². The molecule has 0 rings (SSSR count). The summed E-state index contributed by atoms with van der Waals surface area (Å²) in [5, 5.41) is 0. The van der Waals surface area contributed by atoms with E-state index in [9.17, 15) is 0 Å². The number of hydrogen-bond acceptors (Lipinski definition) is 0. The Hall–Kier alpha value is 1.44. The largest absolute Gasteiger partial charge is 1.00 e. The van der Waals surface area contributed by atoms with Crippen molar-refractivity contribution in [2.75, 3.05) is 98.6 Å². The summed E-state index contributed by atoms with van der Waals surface area (Å²) in [4.78, 5) is 0. The van der Waals surface area contributed by atoms with Gasteiger partial charge in [-0.05, 0) is 128 Å². The van der Waals surface area contributed by atoms with Crippen molar-refractivity contribution in [3.63, 3.8) is 0 Å². The van der Waals surface area contributed by atoms with Gasteiger partial charge in [0.05, 0.1) is 98.6 Å². The molecule has 0 aliphatic carbocycles. The van der Waals surface area contributed by atoms with Crippen LogP contribution in [0.2, 0.25) is 0 Å². The fourth-order valence-corrected chi connectivity index (χ4v) is 34.3. The molecule has 0 fully saturated rings. The lowest BCUT2D eigenvalue weighted by molar-refractivity contribution is -0.00100. The summed E-state index contributed by atoms with van der Waals surface area (Å²) in [6, 6.07) is 0. The lowest BCUT2D eigenvalue weighted by atomic mass is 10.1. The molecule has 0 bridgehead atoms. The molecular weight excluding hydrogens is 1160 g/mol. The van der Waals surface area contributed by atoms with Crippen LogP contribution in [0.4, 0.5) is 0 Å². The summed E-state index contributed by atoms with van der Waals surface area (Å²) in [6.45, 7) is 37.8. The topological polar surface area (TPSA) is 0 Å². The molecule has 0 N–H and O–H groups in total. The molecule has 0 aliphatic rings. The minimum atomic E-state index is -0.601. The Balaban J connectivity index is -0.000000159. The fraction of sp³-hybridized carbons (Fsp3) is 1.00. The van der Waals surface area contributed by atoms with Crippen LogP contribution in [0, 0.1) is 0 Å². The number of halogens is 4. The van der Waals surface area contributed by atoms with Gasteiger partial charge in [0.15, 0.2) is 0 Å². The van der Waals surface area contributed by atoms with Crippen molar-refractivity contribution in [3.05, 3.63) is 0 Å². The van der Waals surface area contributed by atoms with E-state index in [0.29, 0.717) is 0 Å². The van der Waals surface area contributed by atoms with Gasteiger partial charge in [-0.2, -0.15) is 0 Å². The number of unbranched alkanes of at least 4 members (excludes halogenated alkanes) is 32. The van der Waals surface area contributed by atoms with Gasteiger partial charge < -0.3 is 18.8 Å². The Morgan fingerprint density at radius 2 is 0.182 bits per heavy atom. The van der Waals surface area contributed by atoms with Gasteiger partial charge in [-0.15, -0.1) is 0 Å². The van der Waals surface area contributed by atoms with Crippen molar-refractivity contribution in [1.82, 2.24) is 0 Å². The van der Waals surface area contributed by atoms with E-state index in [1.165, 1.54) is 308 Å². The molecule has 0 aromatic heterocycles. The second-order valence-corrected chi connectivity index (χ2v) is 46.1. The van der Waals surface area contributed by atoms with Gasteiger partial charge >= 0.3 is 0 Å². The van der Waals surface area contributed by atoms with Crippen LogP contribution in [0.5, 0.6) is 0 Å². The van der Waals surface area contributed by atoms with Crippen LogP contribution in [-0.4, -0.2) is 98.6 Å². The van der Waals surface area contributed by atoms with Gasteiger partial charge in [-0.25, -0.2) is 0 Å². The van der Waals surface area contributed by atoms with E-state index in [1.807, 2.05) is 0 Å². The lowest BCUT2D eigenvalue weighted by Crippen LogP contribution is -3.00. The first-order valence-electron chi connectivity index (χ1n) is 40.4. The van der Waals surface area contributed by atoms with Crippen molar-refractivity contribution < 1.29 is 18.8 Å². The summed E-state index contributed by atoms with van der Waals surface area (Å²) >= 11 is 0. The molecule has 544 valence electrons. The lowest BCUT2D eigenvalue weighted by Gasteiger charge is -2.28. The summed E-state index contributed by atoms with van der Waals surface area (Å²) in [5.41, 5.74) is 0. The van der Waals surface area contributed by atoms with E-state index in [4.69, 9.17) is 0 Å². The second-order valence-electron chi connectivity index (χ2n) is 28.3. The average Bonchev–Trinajstić information content (AvgIpc) is 3.56. The van der Waals surface area contributed by atoms with E-state index in [-0.39, 0.29) is 18.8 Å². The zero-order valence-electron chi connectivity index (χ0n) is 64.6. The Morgan fingerprint density at radius 1 is 0.102 bits per heavy atom. The standard InChI is InChI=1S/4C20H44P.4FH/c4*1-5-9-13-14-15-16-20-21(17-10-6-2,18-11-7-3)19-12-8-4;;;;/h4*5-20H2,1-4H3;4*1H/q4*+1;;;;/p-4. The fourth-order valence-electron chi connectivity index (χ4n) is 13.5. The molecule has 88 heavy (non-hydrogen) atoms. The summed E-state index contributed by atoms with van der Waals surface area (Å²) < 4.78 is 0. The van der Waals surface area contributed by atoms with E-state index in [0.717, 1.165) is 0 Å². The minimum absolute atomic E-state index is 0. The van der Waals surface area contributed by atoms with Crippen LogP contribution in [0.15, 0.2) is 0 Å². The van der Waals surface area contributed by atoms with Crippen molar-refractivity contribution in [1.29, 1.82) is 0 Å². The Labute approximate surface area is 562 Å². The van der Waals surface area contributed by atoms with Crippen molar-refractivity contribution >= 4 is 29.0 Å². The van der Waals surface area contributed by atoms with Crippen LogP contribution < -0.4 is 18.8 Å². The molecule has 0 spiro atoms. The van der Waals surface area contributed by atoms with Crippen LogP contribution >= 0.6 is 29.0 Å². The van der Waals surface area contributed by atoms with Crippen LogP contribution in [0.25, 0.3) is 0 Å². The molecule has 0 saturated heterocycles. The molecule has 0 radical (unpaired) electrons. The molecule has 8 heteroatoms. The zero-order valence-corrected chi connectivity index (χ0v) is 68.1. The van der Waals surface area contributed by atoms with Crippen LogP contribution in [0.3, 0.4) is 0 Å². The summed E-state index contributed by atoms with van der Waals surface area (Å²) in [5.74, 6) is 0. The normalized spacial score (nSPS) is 11.5. The van der Waals surface area contributed by atoms with Gasteiger partial charge in [-0.1, -0.05) is 291 Å². The smallest absolute Gasteiger partial charge is 0.0594 e. The molecule has 0 saturated carbocycles. The highest BCUT2D eigenvalue weighted by Gasteiger charge is 2.37. The third-order valence-electron chi connectivity index (χ3n) is 19.8. The molecule has 0 nitrogen and oxygen atoms in total. The Morgan fingerprint density at radius 3 is 0.284 bits per heavy atom. The minimum Gasteiger partial charge on any atom is -1.00 e. The van der Waals surface area contributed by atoms with Gasteiger partial charge in [0, 0.05) is 29.0 Å². The van der Waals surface area contributed by atoms with Gasteiger partial charge in [0.25, 0.3) is 0 Å². The molecule has 0 aliphatic heterocycles. The zero-order chi connectivity index (χ0) is 63.3. The van der Waals surface area contributed by atoms with Gasteiger partial charge in [0.1, 0.15) is 0 Å². The third-order valence-corrected chi connectivity index (χ3v) is 40.0. The maximum absolute atomic E-state index is 2.37. The van der Waals surface area contributed by atoms with E-state index in [1.54, 1.807) is 98.6 Å². The maximum Gasteiger partial charge on any atom is 0.0594 e. The highest BCUT2D eigenvalue weighted by Crippen LogP contribution is 2.64. The molecule has 0 atom stereocenters. The molecule has 0 unspecified atom stereocenters. The van der Waals surface area contributed by atoms with Crippen LogP contribution in [0.1, 0.15) is 419 Å². The molecule has 0 heterocycles. The predicted molar refractivity (Wildman–Crippen MR) is 418 cm³/mol.